The second-order valence-electron chi connectivity index (χ2n) is 7.60. The molecule has 0 aromatic carbocycles. The molecule has 1 saturated carbocycles. The molecule has 1 aliphatic carbocycles. The number of pyridine rings is 1. The van der Waals surface area contributed by atoms with Gasteiger partial charge in [-0.2, -0.15) is 0 Å². The molecule has 1 heterocycles. The SMILES string of the molecule is CC(C)(C)OC(=O)C1CCC(NC(=S)C(=O)Nc2ccc(Cl)cn2)C(N)C1. The van der Waals surface area contributed by atoms with Gasteiger partial charge in [-0.15, -0.1) is 0 Å². The van der Waals surface area contributed by atoms with Gasteiger partial charge >= 0.3 is 5.97 Å². The summed E-state index contributed by atoms with van der Waals surface area (Å²) in [6, 6.07) is 2.71. The number of thiocarbonyl (C=S) groups is 1. The first-order valence-electron chi connectivity index (χ1n) is 8.77. The Labute approximate surface area is 169 Å². The number of aromatic nitrogens is 1. The standard InChI is InChI=1S/C18H25ClN4O3S/c1-18(2,3)26-17(25)10-4-6-13(12(20)8-10)22-16(27)15(24)23-14-7-5-11(19)9-21-14/h5,7,9-10,12-13H,4,6,8,20H2,1-3H3,(H,22,27)(H,21,23,24). The lowest BCUT2D eigenvalue weighted by atomic mass is 9.82. The molecule has 148 valence electrons. The zero-order valence-electron chi connectivity index (χ0n) is 15.6. The fraction of sp³-hybridized carbons (Fsp3) is 0.556. The molecule has 3 atom stereocenters. The summed E-state index contributed by atoms with van der Waals surface area (Å²) in [5, 5.41) is 6.07. The van der Waals surface area contributed by atoms with Crippen molar-refractivity contribution in [1.82, 2.24) is 10.3 Å². The van der Waals surface area contributed by atoms with Crippen molar-refractivity contribution in [3.8, 4) is 0 Å². The second-order valence-corrected chi connectivity index (χ2v) is 8.45. The predicted octanol–water partition coefficient (Wildman–Crippen LogP) is 2.43. The molecule has 9 heteroatoms. The minimum Gasteiger partial charge on any atom is -0.460 e. The molecule has 1 aliphatic rings. The Morgan fingerprint density at radius 1 is 1.33 bits per heavy atom. The maximum Gasteiger partial charge on any atom is 0.309 e. The van der Waals surface area contributed by atoms with Crippen molar-refractivity contribution < 1.29 is 14.3 Å². The van der Waals surface area contributed by atoms with E-state index in [0.717, 1.165) is 0 Å². The number of nitrogens with two attached hydrogens (primary N) is 1. The molecular weight excluding hydrogens is 388 g/mol. The Kier molecular flexibility index (Phi) is 7.13. The Bertz CT molecular complexity index is 706. The maximum atomic E-state index is 12.2. The summed E-state index contributed by atoms with van der Waals surface area (Å²) in [5.41, 5.74) is 5.68. The predicted molar refractivity (Wildman–Crippen MR) is 109 cm³/mol. The van der Waals surface area contributed by atoms with Crippen LogP contribution < -0.4 is 16.4 Å². The summed E-state index contributed by atoms with van der Waals surface area (Å²) < 4.78 is 5.43. The van der Waals surface area contributed by atoms with E-state index < -0.39 is 11.5 Å². The number of amides is 1. The van der Waals surface area contributed by atoms with Crippen molar-refractivity contribution in [3.05, 3.63) is 23.4 Å². The van der Waals surface area contributed by atoms with Crippen molar-refractivity contribution >= 4 is 46.5 Å². The first kappa shape index (κ1) is 21.5. The van der Waals surface area contributed by atoms with Crippen LogP contribution in [0.3, 0.4) is 0 Å². The molecule has 1 aromatic heterocycles. The third kappa shape index (κ3) is 6.71. The van der Waals surface area contributed by atoms with E-state index in [1.54, 1.807) is 12.1 Å². The summed E-state index contributed by atoms with van der Waals surface area (Å²) in [6.45, 7) is 5.51. The van der Waals surface area contributed by atoms with Gasteiger partial charge in [0.2, 0.25) is 0 Å². The van der Waals surface area contributed by atoms with Crippen LogP contribution in [0.4, 0.5) is 5.82 Å². The van der Waals surface area contributed by atoms with Gasteiger partial charge in [0.05, 0.1) is 10.9 Å². The monoisotopic (exact) mass is 412 g/mol. The average molecular weight is 413 g/mol. The molecular formula is C18H25ClN4O3S. The number of hydrogen-bond donors (Lipinski definition) is 3. The van der Waals surface area contributed by atoms with Gasteiger partial charge in [-0.3, -0.25) is 9.59 Å². The number of carbonyl (C=O) groups excluding carboxylic acids is 2. The number of ether oxygens (including phenoxy) is 1. The number of carbonyl (C=O) groups is 2. The van der Waals surface area contributed by atoms with Gasteiger partial charge in [-0.05, 0) is 52.2 Å². The molecule has 0 spiro atoms. The van der Waals surface area contributed by atoms with Crippen molar-refractivity contribution in [3.63, 3.8) is 0 Å². The van der Waals surface area contributed by atoms with Crippen LogP contribution >= 0.6 is 23.8 Å². The number of hydrogen-bond acceptors (Lipinski definition) is 6. The first-order chi connectivity index (χ1) is 12.5. The highest BCUT2D eigenvalue weighted by atomic mass is 35.5. The van der Waals surface area contributed by atoms with Crippen molar-refractivity contribution in [1.29, 1.82) is 0 Å². The molecule has 2 rings (SSSR count). The summed E-state index contributed by atoms with van der Waals surface area (Å²) in [4.78, 5) is 28.4. The molecule has 0 aliphatic heterocycles. The van der Waals surface area contributed by atoms with Crippen LogP contribution in [0.25, 0.3) is 0 Å². The number of rotatable bonds is 3. The highest BCUT2D eigenvalue weighted by Gasteiger charge is 2.35. The Hall–Kier alpha value is -1.77. The van der Waals surface area contributed by atoms with Crippen LogP contribution in [0.2, 0.25) is 5.02 Å². The van der Waals surface area contributed by atoms with Gasteiger partial charge in [0.1, 0.15) is 11.4 Å². The Morgan fingerprint density at radius 3 is 2.59 bits per heavy atom. The topological polar surface area (TPSA) is 106 Å². The van der Waals surface area contributed by atoms with Crippen LogP contribution in [0.5, 0.6) is 0 Å². The lowest BCUT2D eigenvalue weighted by Gasteiger charge is -2.35. The largest absolute Gasteiger partial charge is 0.460 e. The van der Waals surface area contributed by atoms with Gasteiger partial charge in [0, 0.05) is 18.3 Å². The van der Waals surface area contributed by atoms with E-state index in [4.69, 9.17) is 34.3 Å². The maximum absolute atomic E-state index is 12.2. The highest BCUT2D eigenvalue weighted by Crippen LogP contribution is 2.26. The van der Waals surface area contributed by atoms with E-state index >= 15 is 0 Å². The van der Waals surface area contributed by atoms with E-state index in [0.29, 0.717) is 30.1 Å². The van der Waals surface area contributed by atoms with Gasteiger partial charge in [0.25, 0.3) is 5.91 Å². The fourth-order valence-electron chi connectivity index (χ4n) is 2.84. The van der Waals surface area contributed by atoms with E-state index in [-0.39, 0.29) is 29.0 Å². The minimum atomic E-state index is -0.522. The second kappa shape index (κ2) is 8.95. The normalized spacial score (nSPS) is 22.6. The summed E-state index contributed by atoms with van der Waals surface area (Å²) in [5.74, 6) is -0.587. The molecule has 0 saturated heterocycles. The smallest absolute Gasteiger partial charge is 0.309 e. The number of halogens is 1. The third-order valence-electron chi connectivity index (χ3n) is 4.13. The molecule has 1 fully saturated rings. The third-order valence-corrected chi connectivity index (χ3v) is 4.66. The number of esters is 1. The van der Waals surface area contributed by atoms with E-state index in [1.165, 1.54) is 6.20 Å². The Balaban J connectivity index is 1.85. The lowest BCUT2D eigenvalue weighted by molar-refractivity contribution is -0.161. The van der Waals surface area contributed by atoms with Crippen molar-refractivity contribution in [2.45, 2.75) is 57.7 Å². The number of nitrogens with one attached hydrogen (secondary N) is 2. The quantitative estimate of drug-likeness (QED) is 0.517. The zero-order valence-corrected chi connectivity index (χ0v) is 17.2. The average Bonchev–Trinajstić information content (AvgIpc) is 2.57. The van der Waals surface area contributed by atoms with Crippen LogP contribution in [-0.4, -0.2) is 39.5 Å². The van der Waals surface area contributed by atoms with E-state index in [1.807, 2.05) is 20.8 Å². The summed E-state index contributed by atoms with van der Waals surface area (Å²) in [7, 11) is 0. The van der Waals surface area contributed by atoms with Crippen LogP contribution in [-0.2, 0) is 14.3 Å². The minimum absolute atomic E-state index is 0.0305. The van der Waals surface area contributed by atoms with E-state index in [2.05, 4.69) is 15.6 Å². The first-order valence-corrected chi connectivity index (χ1v) is 9.55. The van der Waals surface area contributed by atoms with Gasteiger partial charge in [0.15, 0.2) is 4.99 Å². The van der Waals surface area contributed by atoms with Gasteiger partial charge in [-0.1, -0.05) is 23.8 Å². The Morgan fingerprint density at radius 2 is 2.04 bits per heavy atom. The highest BCUT2D eigenvalue weighted by molar-refractivity contribution is 7.82. The molecule has 0 radical (unpaired) electrons. The van der Waals surface area contributed by atoms with Gasteiger partial charge < -0.3 is 21.1 Å². The summed E-state index contributed by atoms with van der Waals surface area (Å²) >= 11 is 10.9. The van der Waals surface area contributed by atoms with E-state index in [9.17, 15) is 9.59 Å². The molecule has 1 aromatic rings. The molecule has 3 unspecified atom stereocenters. The summed E-state index contributed by atoms with van der Waals surface area (Å²) in [6.07, 6.45) is 3.16. The number of nitrogens with zero attached hydrogens (tertiary/aromatic N) is 1. The molecule has 1 amide bonds. The molecule has 27 heavy (non-hydrogen) atoms. The lowest BCUT2D eigenvalue weighted by Crippen LogP contribution is -2.53. The van der Waals surface area contributed by atoms with Crippen molar-refractivity contribution in [2.24, 2.45) is 11.7 Å². The number of anilines is 1. The molecule has 7 nitrogen and oxygen atoms in total. The van der Waals surface area contributed by atoms with Crippen molar-refractivity contribution in [2.75, 3.05) is 5.32 Å². The van der Waals surface area contributed by atoms with Crippen LogP contribution in [0.1, 0.15) is 40.0 Å². The molecule has 4 N–H and O–H groups in total. The molecule has 0 bridgehead atoms. The zero-order chi connectivity index (χ0) is 20.2. The van der Waals surface area contributed by atoms with Crippen LogP contribution in [0.15, 0.2) is 18.3 Å². The van der Waals surface area contributed by atoms with Gasteiger partial charge in [-0.25, -0.2) is 4.98 Å². The fourth-order valence-corrected chi connectivity index (χ4v) is 3.15. The van der Waals surface area contributed by atoms with Crippen LogP contribution in [0, 0.1) is 5.92 Å².